The van der Waals surface area contributed by atoms with Crippen molar-refractivity contribution in [1.29, 1.82) is 0 Å². The fourth-order valence-electron chi connectivity index (χ4n) is 2.48. The average molecular weight is 325 g/mol. The molecule has 0 aliphatic carbocycles. The number of pyridine rings is 1. The summed E-state index contributed by atoms with van der Waals surface area (Å²) < 4.78 is 1.92. The first-order valence-corrected chi connectivity index (χ1v) is 7.44. The highest BCUT2D eigenvalue weighted by Gasteiger charge is 2.24. The van der Waals surface area contributed by atoms with Gasteiger partial charge in [-0.05, 0) is 32.4 Å². The lowest BCUT2D eigenvalue weighted by atomic mass is 10.1. The Labute approximate surface area is 139 Å². The summed E-state index contributed by atoms with van der Waals surface area (Å²) in [6.45, 7) is 4.85. The van der Waals surface area contributed by atoms with Crippen LogP contribution in [-0.4, -0.2) is 21.7 Å². The normalized spacial score (nSPS) is 10.2. The molecule has 0 atom stereocenters. The van der Waals surface area contributed by atoms with E-state index in [1.54, 1.807) is 6.20 Å². The molecule has 2 heterocycles. The van der Waals surface area contributed by atoms with Crippen molar-refractivity contribution in [2.75, 3.05) is 0 Å². The van der Waals surface area contributed by atoms with E-state index in [2.05, 4.69) is 16.0 Å². The highest BCUT2D eigenvalue weighted by Crippen LogP contribution is 2.17. The van der Waals surface area contributed by atoms with Crippen LogP contribution in [0.3, 0.4) is 0 Å². The quantitative estimate of drug-likeness (QED) is 0.562. The van der Waals surface area contributed by atoms with Crippen molar-refractivity contribution in [3.8, 4) is 0 Å². The van der Waals surface area contributed by atoms with Crippen LogP contribution < -0.4 is 9.67 Å². The van der Waals surface area contributed by atoms with Gasteiger partial charge in [0.2, 0.25) is 5.52 Å². The zero-order valence-electron chi connectivity index (χ0n) is 14.1. The van der Waals surface area contributed by atoms with Gasteiger partial charge in [0.15, 0.2) is 5.82 Å². The second kappa shape index (κ2) is 7.04. The maximum absolute atomic E-state index is 12.6. The zero-order valence-corrected chi connectivity index (χ0v) is 14.1. The molecule has 1 aromatic carbocycles. The standard InChI is InChI=1S/C16H15N3O.C2H4O2/c1-10-8-14(15(20)16-17-9-11(2)18-16)19(3)13-7-5-4-6-12(10)13;1-2(3)4/h4-9H,1-3H3;1H3,(H,3,4). The van der Waals surface area contributed by atoms with Crippen LogP contribution >= 0.6 is 0 Å². The van der Waals surface area contributed by atoms with Gasteiger partial charge in [0.05, 0.1) is 5.69 Å². The number of aromatic nitrogens is 3. The Bertz CT molecular complexity index is 909. The topological polar surface area (TPSA) is 89.8 Å². The Morgan fingerprint density at radius 2 is 1.83 bits per heavy atom. The third-order valence-electron chi connectivity index (χ3n) is 3.56. The number of carbonyl (C=O) groups is 2. The summed E-state index contributed by atoms with van der Waals surface area (Å²) in [6.07, 6.45) is 1.74. The number of nitrogens with zero attached hydrogens (tertiary/aromatic N) is 2. The number of ketones is 1. The van der Waals surface area contributed by atoms with E-state index in [1.165, 1.54) is 0 Å². The monoisotopic (exact) mass is 325 g/mol. The first-order chi connectivity index (χ1) is 11.3. The summed E-state index contributed by atoms with van der Waals surface area (Å²) in [4.78, 5) is 28.6. The number of carboxylic acid groups (broad SMARTS) is 1. The van der Waals surface area contributed by atoms with Crippen molar-refractivity contribution >= 4 is 22.7 Å². The van der Waals surface area contributed by atoms with E-state index < -0.39 is 5.97 Å². The molecule has 0 bridgehead atoms. The minimum atomic E-state index is -1.08. The number of rotatable bonds is 2. The molecular weight excluding hydrogens is 306 g/mol. The largest absolute Gasteiger partial charge is 0.550 e. The Kier molecular flexibility index (Phi) is 5.08. The second-order valence-electron chi connectivity index (χ2n) is 5.50. The van der Waals surface area contributed by atoms with E-state index in [1.807, 2.05) is 49.7 Å². The molecule has 0 saturated carbocycles. The Hall–Kier alpha value is -3.02. The summed E-state index contributed by atoms with van der Waals surface area (Å²) in [6, 6.07) is 9.99. The van der Waals surface area contributed by atoms with Gasteiger partial charge in [0, 0.05) is 29.7 Å². The number of para-hydroxylation sites is 1. The number of benzene rings is 1. The highest BCUT2D eigenvalue weighted by molar-refractivity contribution is 6.05. The lowest BCUT2D eigenvalue weighted by Gasteiger charge is -2.04. The molecule has 0 aliphatic heterocycles. The van der Waals surface area contributed by atoms with Crippen LogP contribution in [0, 0.1) is 13.8 Å². The van der Waals surface area contributed by atoms with Crippen LogP contribution in [0.1, 0.15) is 34.5 Å². The van der Waals surface area contributed by atoms with Crippen LogP contribution in [0.15, 0.2) is 36.5 Å². The molecule has 6 heteroatoms. The summed E-state index contributed by atoms with van der Waals surface area (Å²) in [5.41, 5.74) is 3.58. The summed E-state index contributed by atoms with van der Waals surface area (Å²) in [5, 5.41) is 10.0. The molecule has 124 valence electrons. The molecule has 0 radical (unpaired) electrons. The highest BCUT2D eigenvalue weighted by atomic mass is 16.4. The number of imidazole rings is 1. The number of fused-ring (bicyclic) bond motifs is 1. The molecule has 0 aliphatic rings. The van der Waals surface area contributed by atoms with Crippen molar-refractivity contribution < 1.29 is 19.3 Å². The lowest BCUT2D eigenvalue weighted by Crippen LogP contribution is -2.37. The fraction of sp³-hybridized carbons (Fsp3) is 0.222. The predicted octanol–water partition coefficient (Wildman–Crippen LogP) is 0.991. The molecule has 3 rings (SSSR count). The third-order valence-corrected chi connectivity index (χ3v) is 3.56. The van der Waals surface area contributed by atoms with E-state index in [0.717, 1.165) is 29.1 Å². The Balaban J connectivity index is 0.000000471. The smallest absolute Gasteiger partial charge is 0.291 e. The molecule has 3 aromatic rings. The maximum atomic E-state index is 12.6. The number of carboxylic acids is 1. The van der Waals surface area contributed by atoms with E-state index in [4.69, 9.17) is 9.90 Å². The number of hydrogen-bond donors (Lipinski definition) is 1. The van der Waals surface area contributed by atoms with Gasteiger partial charge < -0.3 is 14.9 Å². The predicted molar refractivity (Wildman–Crippen MR) is 87.3 cm³/mol. The molecule has 0 spiro atoms. The first kappa shape index (κ1) is 17.3. The molecule has 1 N–H and O–H groups in total. The van der Waals surface area contributed by atoms with E-state index >= 15 is 0 Å². The number of hydrogen-bond acceptors (Lipinski definition) is 4. The Morgan fingerprint density at radius 1 is 1.21 bits per heavy atom. The number of aryl methyl sites for hydroxylation is 3. The van der Waals surface area contributed by atoms with Gasteiger partial charge in [-0.25, -0.2) is 4.98 Å². The number of nitrogens with one attached hydrogen (secondary N) is 1. The molecular formula is C18H19N3O3. The van der Waals surface area contributed by atoms with Gasteiger partial charge in [-0.1, -0.05) is 12.1 Å². The molecule has 24 heavy (non-hydrogen) atoms. The van der Waals surface area contributed by atoms with Gasteiger partial charge in [-0.15, -0.1) is 0 Å². The van der Waals surface area contributed by atoms with Crippen LogP contribution in [0.25, 0.3) is 10.9 Å². The number of aromatic amines is 1. The van der Waals surface area contributed by atoms with Crippen molar-refractivity contribution in [3.63, 3.8) is 0 Å². The van der Waals surface area contributed by atoms with Crippen LogP contribution in [0.4, 0.5) is 0 Å². The SMILES string of the molecule is CC(=O)[O-].Cc1c[nH]c(C(=O)c2cc(C)c3ccccc3[n+]2C)n1. The molecule has 0 fully saturated rings. The van der Waals surface area contributed by atoms with Crippen molar-refractivity contribution in [3.05, 3.63) is 59.3 Å². The van der Waals surface area contributed by atoms with Gasteiger partial charge in [-0.2, -0.15) is 4.57 Å². The average Bonchev–Trinajstić information content (AvgIpc) is 2.96. The maximum Gasteiger partial charge on any atom is 0.291 e. The summed E-state index contributed by atoms with van der Waals surface area (Å²) in [7, 11) is 1.91. The minimum Gasteiger partial charge on any atom is -0.550 e. The van der Waals surface area contributed by atoms with Gasteiger partial charge in [-0.3, -0.25) is 4.79 Å². The molecule has 0 unspecified atom stereocenters. The van der Waals surface area contributed by atoms with Crippen molar-refractivity contribution in [2.45, 2.75) is 20.8 Å². The third kappa shape index (κ3) is 3.65. The van der Waals surface area contributed by atoms with Crippen molar-refractivity contribution in [2.24, 2.45) is 7.05 Å². The summed E-state index contributed by atoms with van der Waals surface area (Å²) in [5.74, 6) is -0.790. The molecule has 0 amide bonds. The second-order valence-corrected chi connectivity index (χ2v) is 5.50. The van der Waals surface area contributed by atoms with Crippen molar-refractivity contribution in [1.82, 2.24) is 9.97 Å². The Morgan fingerprint density at radius 3 is 2.42 bits per heavy atom. The number of carbonyl (C=O) groups excluding carboxylic acids is 2. The first-order valence-electron chi connectivity index (χ1n) is 7.44. The van der Waals surface area contributed by atoms with Gasteiger partial charge in [0.25, 0.3) is 11.5 Å². The minimum absolute atomic E-state index is 0.0885. The summed E-state index contributed by atoms with van der Waals surface area (Å²) >= 11 is 0. The zero-order chi connectivity index (χ0) is 17.9. The lowest BCUT2D eigenvalue weighted by molar-refractivity contribution is -0.646. The van der Waals surface area contributed by atoms with Crippen LogP contribution in [0.5, 0.6) is 0 Å². The number of aliphatic carboxylic acids is 1. The van der Waals surface area contributed by atoms with Gasteiger partial charge in [0.1, 0.15) is 7.05 Å². The molecule has 2 aromatic heterocycles. The van der Waals surface area contributed by atoms with Crippen LogP contribution in [0.2, 0.25) is 0 Å². The van der Waals surface area contributed by atoms with E-state index in [9.17, 15) is 4.79 Å². The fourth-order valence-corrected chi connectivity index (χ4v) is 2.48. The van der Waals surface area contributed by atoms with Crippen LogP contribution in [-0.2, 0) is 11.8 Å². The number of H-pyrrole nitrogens is 1. The van der Waals surface area contributed by atoms with E-state index in [0.29, 0.717) is 11.5 Å². The van der Waals surface area contributed by atoms with Gasteiger partial charge >= 0.3 is 0 Å². The van der Waals surface area contributed by atoms with E-state index in [-0.39, 0.29) is 5.78 Å². The molecule has 0 saturated heterocycles. The molecule has 6 nitrogen and oxygen atoms in total.